The maximum Gasteiger partial charge on any atom is 0.334 e. The molecule has 1 atom stereocenters. The molecule has 0 bridgehead atoms. The molecule has 7 nitrogen and oxygen atoms in total. The third-order valence-electron chi connectivity index (χ3n) is 2.82. The van der Waals surface area contributed by atoms with Crippen molar-refractivity contribution in [1.29, 1.82) is 0 Å². The number of carboxylic acids is 1. The Morgan fingerprint density at radius 1 is 1.58 bits per heavy atom. The lowest BCUT2D eigenvalue weighted by Gasteiger charge is -2.32. The predicted octanol–water partition coefficient (Wildman–Crippen LogP) is 1.65. The highest BCUT2D eigenvalue weighted by Crippen LogP contribution is 2.32. The molecule has 1 aromatic rings. The van der Waals surface area contributed by atoms with Gasteiger partial charge in [0.2, 0.25) is 0 Å². The van der Waals surface area contributed by atoms with E-state index in [2.05, 4.69) is 15.9 Å². The van der Waals surface area contributed by atoms with E-state index in [1.165, 1.54) is 6.07 Å². The number of aliphatic carboxylic acids is 1. The Labute approximate surface area is 117 Å². The molecule has 1 aromatic carbocycles. The molecule has 0 aliphatic carbocycles. The Kier molecular flexibility index (Phi) is 4.01. The van der Waals surface area contributed by atoms with Gasteiger partial charge in [0.15, 0.2) is 6.10 Å². The number of carbonyl (C=O) groups is 1. The number of nitro benzene ring substituents is 1. The zero-order valence-electron chi connectivity index (χ0n) is 9.78. The van der Waals surface area contributed by atoms with Crippen LogP contribution in [0.3, 0.4) is 0 Å². The zero-order chi connectivity index (χ0) is 14.0. The van der Waals surface area contributed by atoms with Crippen molar-refractivity contribution in [3.05, 3.63) is 32.8 Å². The van der Waals surface area contributed by atoms with Gasteiger partial charge >= 0.3 is 5.97 Å². The second kappa shape index (κ2) is 5.54. The van der Waals surface area contributed by atoms with Crippen LogP contribution in [0.1, 0.15) is 0 Å². The molecule has 2 rings (SSSR count). The smallest absolute Gasteiger partial charge is 0.334 e. The van der Waals surface area contributed by atoms with Gasteiger partial charge in [0, 0.05) is 17.1 Å². The van der Waals surface area contributed by atoms with Gasteiger partial charge in [-0.25, -0.2) is 4.79 Å². The standard InChI is InChI=1S/C11H11BrN2O5/c12-7-1-2-8(14(17)18)9(5-7)13-3-4-19-10(6-13)11(15)16/h1-2,5,10H,3-4,6H2,(H,15,16). The first kappa shape index (κ1) is 13.8. The van der Waals surface area contributed by atoms with Crippen LogP contribution >= 0.6 is 15.9 Å². The lowest BCUT2D eigenvalue weighted by molar-refractivity contribution is -0.384. The van der Waals surface area contributed by atoms with Crippen molar-refractivity contribution >= 4 is 33.3 Å². The number of hydrogen-bond acceptors (Lipinski definition) is 5. The quantitative estimate of drug-likeness (QED) is 0.669. The number of morpholine rings is 1. The van der Waals surface area contributed by atoms with Gasteiger partial charge in [-0.15, -0.1) is 0 Å². The average molecular weight is 331 g/mol. The summed E-state index contributed by atoms with van der Waals surface area (Å²) in [5.74, 6) is -1.07. The average Bonchev–Trinajstić information content (AvgIpc) is 2.38. The van der Waals surface area contributed by atoms with Gasteiger partial charge in [0.1, 0.15) is 5.69 Å². The number of carboxylic acid groups (broad SMARTS) is 1. The van der Waals surface area contributed by atoms with Crippen LogP contribution in [0.5, 0.6) is 0 Å². The van der Waals surface area contributed by atoms with Crippen LogP contribution in [0.25, 0.3) is 0 Å². The summed E-state index contributed by atoms with van der Waals surface area (Å²) in [4.78, 5) is 23.1. The molecule has 1 aliphatic rings. The summed E-state index contributed by atoms with van der Waals surface area (Å²) in [6.45, 7) is 0.730. The van der Waals surface area contributed by atoms with E-state index in [4.69, 9.17) is 9.84 Å². The number of halogens is 1. The summed E-state index contributed by atoms with van der Waals surface area (Å²) in [7, 11) is 0. The maximum atomic E-state index is 11.0. The molecule has 1 aliphatic heterocycles. The van der Waals surface area contributed by atoms with Crippen LogP contribution in [0.4, 0.5) is 11.4 Å². The normalized spacial score (nSPS) is 19.2. The maximum absolute atomic E-state index is 11.0. The van der Waals surface area contributed by atoms with Gasteiger partial charge in [-0.05, 0) is 12.1 Å². The molecular weight excluding hydrogens is 320 g/mol. The number of anilines is 1. The number of benzene rings is 1. The lowest BCUT2D eigenvalue weighted by Crippen LogP contribution is -2.46. The molecule has 1 unspecified atom stereocenters. The highest BCUT2D eigenvalue weighted by Gasteiger charge is 2.29. The first-order chi connectivity index (χ1) is 8.99. The second-order valence-corrected chi connectivity index (χ2v) is 4.95. The first-order valence-electron chi connectivity index (χ1n) is 5.52. The fraction of sp³-hybridized carbons (Fsp3) is 0.364. The summed E-state index contributed by atoms with van der Waals surface area (Å²) < 4.78 is 5.80. The SMILES string of the molecule is O=C(O)C1CN(c2cc(Br)ccc2[N+](=O)[O-])CCO1. The number of nitrogens with zero attached hydrogens (tertiary/aromatic N) is 2. The van der Waals surface area contributed by atoms with Crippen LogP contribution in [-0.2, 0) is 9.53 Å². The fourth-order valence-electron chi connectivity index (χ4n) is 1.92. The third-order valence-corrected chi connectivity index (χ3v) is 3.31. The van der Waals surface area contributed by atoms with Gasteiger partial charge in [-0.3, -0.25) is 10.1 Å². The highest BCUT2D eigenvalue weighted by molar-refractivity contribution is 9.10. The minimum absolute atomic E-state index is 0.0470. The molecule has 0 saturated carbocycles. The number of ether oxygens (including phenoxy) is 1. The van der Waals surface area contributed by atoms with E-state index in [9.17, 15) is 14.9 Å². The summed E-state index contributed by atoms with van der Waals surface area (Å²) in [5.41, 5.74) is 0.350. The van der Waals surface area contributed by atoms with Crippen LogP contribution in [0.2, 0.25) is 0 Å². The number of rotatable bonds is 3. The monoisotopic (exact) mass is 330 g/mol. The molecule has 19 heavy (non-hydrogen) atoms. The summed E-state index contributed by atoms with van der Waals surface area (Å²) in [6.07, 6.45) is -0.965. The topological polar surface area (TPSA) is 92.9 Å². The van der Waals surface area contributed by atoms with E-state index in [-0.39, 0.29) is 18.8 Å². The summed E-state index contributed by atoms with van der Waals surface area (Å²) in [6, 6.07) is 4.59. The Hall–Kier alpha value is -1.67. The molecule has 8 heteroatoms. The van der Waals surface area contributed by atoms with Crippen molar-refractivity contribution in [2.75, 3.05) is 24.6 Å². The molecule has 0 radical (unpaired) electrons. The van der Waals surface area contributed by atoms with Crippen molar-refractivity contribution in [3.63, 3.8) is 0 Å². The van der Waals surface area contributed by atoms with E-state index < -0.39 is 17.0 Å². The van der Waals surface area contributed by atoms with E-state index in [0.717, 1.165) is 0 Å². The first-order valence-corrected chi connectivity index (χ1v) is 6.31. The minimum Gasteiger partial charge on any atom is -0.479 e. The summed E-state index contributed by atoms with van der Waals surface area (Å²) >= 11 is 3.26. The zero-order valence-corrected chi connectivity index (χ0v) is 11.4. The molecule has 0 aromatic heterocycles. The second-order valence-electron chi connectivity index (χ2n) is 4.03. The minimum atomic E-state index is -1.07. The van der Waals surface area contributed by atoms with E-state index in [1.807, 2.05) is 0 Å². The van der Waals surface area contributed by atoms with Crippen LogP contribution in [0, 0.1) is 10.1 Å². The fourth-order valence-corrected chi connectivity index (χ4v) is 2.27. The predicted molar refractivity (Wildman–Crippen MR) is 70.4 cm³/mol. The lowest BCUT2D eigenvalue weighted by atomic mass is 10.2. The van der Waals surface area contributed by atoms with Crippen LogP contribution in [0.15, 0.2) is 22.7 Å². The Bertz CT molecular complexity index is 522. The van der Waals surface area contributed by atoms with Gasteiger partial charge in [-0.2, -0.15) is 0 Å². The number of nitro groups is 1. The van der Waals surface area contributed by atoms with Crippen molar-refractivity contribution < 1.29 is 19.6 Å². The Balaban J connectivity index is 2.32. The molecule has 1 N–H and O–H groups in total. The molecule has 1 heterocycles. The van der Waals surface area contributed by atoms with Gasteiger partial charge in [0.05, 0.1) is 18.1 Å². The molecule has 1 fully saturated rings. The van der Waals surface area contributed by atoms with Crippen molar-refractivity contribution in [2.45, 2.75) is 6.10 Å². The Morgan fingerprint density at radius 2 is 2.32 bits per heavy atom. The molecule has 102 valence electrons. The van der Waals surface area contributed by atoms with Crippen molar-refractivity contribution in [3.8, 4) is 0 Å². The summed E-state index contributed by atoms with van der Waals surface area (Å²) in [5, 5.41) is 19.9. The van der Waals surface area contributed by atoms with Crippen molar-refractivity contribution in [1.82, 2.24) is 0 Å². The molecule has 0 amide bonds. The van der Waals surface area contributed by atoms with E-state index >= 15 is 0 Å². The third kappa shape index (κ3) is 3.02. The van der Waals surface area contributed by atoms with E-state index in [1.54, 1.807) is 17.0 Å². The van der Waals surface area contributed by atoms with Crippen molar-refractivity contribution in [2.24, 2.45) is 0 Å². The van der Waals surface area contributed by atoms with Gasteiger partial charge in [-0.1, -0.05) is 15.9 Å². The molecule has 1 saturated heterocycles. The number of hydrogen-bond donors (Lipinski definition) is 1. The van der Waals surface area contributed by atoms with Crippen LogP contribution < -0.4 is 4.90 Å². The molecular formula is C11H11BrN2O5. The van der Waals surface area contributed by atoms with E-state index in [0.29, 0.717) is 16.7 Å². The van der Waals surface area contributed by atoms with Gasteiger partial charge < -0.3 is 14.7 Å². The van der Waals surface area contributed by atoms with Crippen LogP contribution in [-0.4, -0.2) is 41.8 Å². The van der Waals surface area contributed by atoms with Gasteiger partial charge in [0.25, 0.3) is 5.69 Å². The molecule has 0 spiro atoms. The largest absolute Gasteiger partial charge is 0.479 e. The Morgan fingerprint density at radius 3 is 2.95 bits per heavy atom. The highest BCUT2D eigenvalue weighted by atomic mass is 79.9.